The first-order valence-electron chi connectivity index (χ1n) is 12.9. The highest BCUT2D eigenvalue weighted by atomic mass is 35.5. The van der Waals surface area contributed by atoms with Crippen molar-refractivity contribution in [2.45, 2.75) is 27.7 Å². The van der Waals surface area contributed by atoms with E-state index in [0.717, 1.165) is 31.9 Å². The zero-order chi connectivity index (χ0) is 24.8. The smallest absolute Gasteiger partial charge is 0.205 e. The van der Waals surface area contributed by atoms with Crippen molar-refractivity contribution in [2.24, 2.45) is 0 Å². The molecule has 0 unspecified atom stereocenters. The summed E-state index contributed by atoms with van der Waals surface area (Å²) in [6.07, 6.45) is 4.46. The fraction of sp³-hybridized carbons (Fsp3) is 0.281. The van der Waals surface area contributed by atoms with E-state index in [1.165, 1.54) is 44.8 Å². The number of rotatable bonds is 8. The number of allylic oxidation sites excluding steroid dienone is 3. The Labute approximate surface area is 223 Å². The number of hydrogen-bond donors (Lipinski definition) is 1. The Hall–Kier alpha value is -3.30. The Morgan fingerprint density at radius 1 is 0.611 bits per heavy atom. The van der Waals surface area contributed by atoms with E-state index in [2.05, 4.69) is 127 Å². The molecule has 4 heteroatoms. The average Bonchev–Trinajstić information content (AvgIpc) is 2.92. The number of hydrogen-bond acceptors (Lipinski definition) is 2. The van der Waals surface area contributed by atoms with Crippen molar-refractivity contribution in [2.75, 3.05) is 43.0 Å². The molecule has 0 saturated carbocycles. The van der Waals surface area contributed by atoms with E-state index in [4.69, 9.17) is 0 Å². The van der Waals surface area contributed by atoms with Crippen LogP contribution >= 0.6 is 0 Å². The fourth-order valence-electron chi connectivity index (χ4n) is 5.07. The van der Waals surface area contributed by atoms with Crippen LogP contribution in [0.5, 0.6) is 0 Å². The van der Waals surface area contributed by atoms with Crippen LogP contribution in [0, 0.1) is 0 Å². The third kappa shape index (κ3) is 5.42. The van der Waals surface area contributed by atoms with Crippen molar-refractivity contribution in [3.05, 3.63) is 107 Å². The zero-order valence-electron chi connectivity index (χ0n) is 22.2. The molecule has 0 aromatic heterocycles. The summed E-state index contributed by atoms with van der Waals surface area (Å²) in [5.74, 6) is 0. The van der Waals surface area contributed by atoms with Gasteiger partial charge < -0.3 is 22.2 Å². The van der Waals surface area contributed by atoms with Crippen molar-refractivity contribution >= 4 is 28.2 Å². The Morgan fingerprint density at radius 2 is 1.06 bits per heavy atom. The van der Waals surface area contributed by atoms with Gasteiger partial charge in [0.15, 0.2) is 0 Å². The molecule has 4 rings (SSSR count). The fourth-order valence-corrected chi connectivity index (χ4v) is 5.07. The highest BCUT2D eigenvalue weighted by Gasteiger charge is 2.22. The van der Waals surface area contributed by atoms with Crippen LogP contribution in [0.1, 0.15) is 49.9 Å². The number of halogens is 1. The second kappa shape index (κ2) is 12.6. The van der Waals surface area contributed by atoms with Gasteiger partial charge in [-0.05, 0) is 91.9 Å². The standard InChI is InChI=1S/C32H37N3.ClH/c1-6-34(7-2)26-18-14-24(15-19-26)32(25-16-20-27(21-17-25)35(8-3)9-4)30-22-23-31(33-5)29-13-11-10-12-28(29)30;/h10-23H,6-9H2,1-5H3;1H. The molecule has 0 amide bonds. The maximum atomic E-state index is 3.36. The van der Waals surface area contributed by atoms with Gasteiger partial charge in [0.1, 0.15) is 7.05 Å². The zero-order valence-corrected chi connectivity index (χ0v) is 22.9. The average molecular weight is 500 g/mol. The third-order valence-corrected chi connectivity index (χ3v) is 7.03. The molecule has 0 aliphatic heterocycles. The predicted molar refractivity (Wildman–Crippen MR) is 152 cm³/mol. The molecular weight excluding hydrogens is 462 g/mol. The number of benzene rings is 3. The molecule has 188 valence electrons. The van der Waals surface area contributed by atoms with Crippen LogP contribution in [-0.2, 0) is 0 Å². The first kappa shape index (κ1) is 27.3. The van der Waals surface area contributed by atoms with Crippen molar-refractivity contribution in [1.29, 1.82) is 0 Å². The first-order chi connectivity index (χ1) is 17.1. The molecule has 1 N–H and O–H groups in total. The van der Waals surface area contributed by atoms with Gasteiger partial charge >= 0.3 is 0 Å². The molecule has 1 aliphatic carbocycles. The maximum Gasteiger partial charge on any atom is 0.205 e. The maximum absolute atomic E-state index is 3.36. The normalized spacial score (nSPS) is 13.2. The minimum Gasteiger partial charge on any atom is -1.00 e. The highest BCUT2D eigenvalue weighted by molar-refractivity contribution is 6.17. The molecule has 3 aromatic carbocycles. The van der Waals surface area contributed by atoms with E-state index in [9.17, 15) is 0 Å². The lowest BCUT2D eigenvalue weighted by atomic mass is 9.83. The van der Waals surface area contributed by atoms with E-state index in [1.54, 1.807) is 0 Å². The first-order valence-corrected chi connectivity index (χ1v) is 12.9. The van der Waals surface area contributed by atoms with Crippen molar-refractivity contribution < 1.29 is 17.4 Å². The lowest BCUT2D eigenvalue weighted by Gasteiger charge is -2.24. The summed E-state index contributed by atoms with van der Waals surface area (Å²) < 4.78 is 0. The Bertz CT molecular complexity index is 1170. The SMILES string of the molecule is CCN(CC)c1ccc(C(=C2C=CC(=[NH+]C)c3ccccc32)c2ccc(N(CC)CC)cc2)cc1.[Cl-]. The molecule has 0 saturated heterocycles. The van der Waals surface area contributed by atoms with E-state index in [-0.39, 0.29) is 12.4 Å². The summed E-state index contributed by atoms with van der Waals surface area (Å²) in [6, 6.07) is 26.9. The molecule has 3 aromatic rings. The van der Waals surface area contributed by atoms with Crippen LogP contribution in [0.25, 0.3) is 11.1 Å². The van der Waals surface area contributed by atoms with Gasteiger partial charge in [0.05, 0.1) is 5.56 Å². The number of nitrogens with zero attached hydrogens (tertiary/aromatic N) is 2. The number of anilines is 2. The van der Waals surface area contributed by atoms with Gasteiger partial charge in [0.25, 0.3) is 0 Å². The summed E-state index contributed by atoms with van der Waals surface area (Å²) in [5, 5.41) is 0. The van der Waals surface area contributed by atoms with Crippen molar-refractivity contribution in [3.63, 3.8) is 0 Å². The van der Waals surface area contributed by atoms with E-state index < -0.39 is 0 Å². The summed E-state index contributed by atoms with van der Waals surface area (Å²) in [7, 11) is 1.99. The minimum absolute atomic E-state index is 0. The van der Waals surface area contributed by atoms with Crippen LogP contribution in [-0.4, -0.2) is 38.9 Å². The van der Waals surface area contributed by atoms with Crippen molar-refractivity contribution in [3.8, 4) is 0 Å². The quantitative estimate of drug-likeness (QED) is 0.513. The van der Waals surface area contributed by atoms with E-state index in [0.29, 0.717) is 0 Å². The Balaban J connectivity index is 0.00000361. The van der Waals surface area contributed by atoms with Crippen molar-refractivity contribution in [1.82, 2.24) is 0 Å². The molecular formula is C32H38ClN3. The van der Waals surface area contributed by atoms with Crippen LogP contribution in [0.15, 0.2) is 84.9 Å². The molecule has 0 heterocycles. The Morgan fingerprint density at radius 3 is 1.47 bits per heavy atom. The second-order valence-electron chi connectivity index (χ2n) is 8.77. The lowest BCUT2D eigenvalue weighted by Crippen LogP contribution is -3.00. The van der Waals surface area contributed by atoms with Gasteiger partial charge in [0, 0.05) is 43.6 Å². The lowest BCUT2D eigenvalue weighted by molar-refractivity contribution is -0.418. The van der Waals surface area contributed by atoms with Gasteiger partial charge in [-0.25, -0.2) is 4.99 Å². The predicted octanol–water partition coefficient (Wildman–Crippen LogP) is 2.41. The molecule has 36 heavy (non-hydrogen) atoms. The summed E-state index contributed by atoms with van der Waals surface area (Å²) in [6.45, 7) is 12.9. The summed E-state index contributed by atoms with van der Waals surface area (Å²) >= 11 is 0. The molecule has 3 nitrogen and oxygen atoms in total. The van der Waals surface area contributed by atoms with E-state index >= 15 is 0 Å². The molecule has 0 fully saturated rings. The summed E-state index contributed by atoms with van der Waals surface area (Å²) in [4.78, 5) is 8.14. The van der Waals surface area contributed by atoms with Gasteiger partial charge in [-0.1, -0.05) is 42.5 Å². The van der Waals surface area contributed by atoms with Gasteiger partial charge in [-0.2, -0.15) is 0 Å². The molecule has 0 spiro atoms. The second-order valence-corrected chi connectivity index (χ2v) is 8.77. The highest BCUT2D eigenvalue weighted by Crippen LogP contribution is 2.37. The van der Waals surface area contributed by atoms with Gasteiger partial charge in [0.2, 0.25) is 5.71 Å². The summed E-state index contributed by atoms with van der Waals surface area (Å²) in [5.41, 5.74) is 11.2. The molecule has 0 atom stereocenters. The van der Waals surface area contributed by atoms with Crippen LogP contribution in [0.4, 0.5) is 11.4 Å². The minimum atomic E-state index is 0. The van der Waals surface area contributed by atoms with Gasteiger partial charge in [-0.3, -0.25) is 0 Å². The topological polar surface area (TPSA) is 20.5 Å². The monoisotopic (exact) mass is 499 g/mol. The van der Waals surface area contributed by atoms with Crippen LogP contribution in [0.2, 0.25) is 0 Å². The van der Waals surface area contributed by atoms with E-state index in [1.807, 2.05) is 7.05 Å². The Kier molecular flexibility index (Phi) is 9.55. The molecule has 1 aliphatic rings. The number of fused-ring (bicyclic) bond motifs is 1. The molecule has 0 bridgehead atoms. The molecule has 0 radical (unpaired) electrons. The van der Waals surface area contributed by atoms with Crippen LogP contribution in [0.3, 0.4) is 0 Å². The van der Waals surface area contributed by atoms with Gasteiger partial charge in [-0.15, -0.1) is 0 Å². The number of nitrogens with one attached hydrogen (secondary N) is 1. The third-order valence-electron chi connectivity index (χ3n) is 7.03. The largest absolute Gasteiger partial charge is 1.00 e. The van der Waals surface area contributed by atoms with Crippen LogP contribution < -0.4 is 27.2 Å².